The highest BCUT2D eigenvalue weighted by atomic mass is 79.9. The molecule has 0 aliphatic carbocycles. The number of methoxy groups -OCH3 is 1. The molecule has 0 N–H and O–H groups in total. The Labute approximate surface area is 171 Å². The molecule has 4 heteroatoms. The summed E-state index contributed by atoms with van der Waals surface area (Å²) in [5.74, 6) is 1.38. The Bertz CT molecular complexity index is 844. The second-order valence-electron chi connectivity index (χ2n) is 7.96. The van der Waals surface area contributed by atoms with Crippen LogP contribution in [-0.2, 0) is 0 Å². The molecule has 27 heavy (non-hydrogen) atoms. The van der Waals surface area contributed by atoms with Gasteiger partial charge in [0.1, 0.15) is 5.75 Å². The third-order valence-corrected chi connectivity index (χ3v) is 5.84. The molecule has 0 spiro atoms. The highest BCUT2D eigenvalue weighted by Gasteiger charge is 2.36. The lowest BCUT2D eigenvalue weighted by Crippen LogP contribution is -2.48. The van der Waals surface area contributed by atoms with Gasteiger partial charge in [-0.15, -0.1) is 0 Å². The molecule has 144 valence electrons. The van der Waals surface area contributed by atoms with Gasteiger partial charge in [-0.3, -0.25) is 4.99 Å². The van der Waals surface area contributed by atoms with Crippen LogP contribution >= 0.6 is 15.9 Å². The van der Waals surface area contributed by atoms with Crippen molar-refractivity contribution in [2.45, 2.75) is 52.0 Å². The fourth-order valence-electron chi connectivity index (χ4n) is 4.15. The fourth-order valence-corrected chi connectivity index (χ4v) is 4.54. The number of benzene rings is 2. The highest BCUT2D eigenvalue weighted by Crippen LogP contribution is 2.45. The maximum Gasteiger partial charge on any atom is 0.129 e. The van der Waals surface area contributed by atoms with Gasteiger partial charge < -0.3 is 9.64 Å². The third kappa shape index (κ3) is 4.21. The molecule has 1 aliphatic rings. The van der Waals surface area contributed by atoms with Crippen molar-refractivity contribution >= 4 is 33.5 Å². The Morgan fingerprint density at radius 3 is 2.74 bits per heavy atom. The van der Waals surface area contributed by atoms with Crippen molar-refractivity contribution in [3.63, 3.8) is 0 Å². The molecule has 1 atom stereocenters. The lowest BCUT2D eigenvalue weighted by atomic mass is 9.79. The van der Waals surface area contributed by atoms with Crippen molar-refractivity contribution in [3.8, 4) is 5.75 Å². The number of nitrogens with zero attached hydrogens (tertiary/aromatic N) is 2. The van der Waals surface area contributed by atoms with E-state index in [4.69, 9.17) is 4.74 Å². The molecule has 0 saturated heterocycles. The van der Waals surface area contributed by atoms with Crippen LogP contribution in [0.25, 0.3) is 0 Å². The maximum absolute atomic E-state index is 5.73. The Balaban J connectivity index is 2.04. The Morgan fingerprint density at radius 2 is 2.07 bits per heavy atom. The van der Waals surface area contributed by atoms with Gasteiger partial charge in [-0.25, -0.2) is 0 Å². The van der Waals surface area contributed by atoms with Gasteiger partial charge in [-0.1, -0.05) is 35.8 Å². The predicted molar refractivity (Wildman–Crippen MR) is 119 cm³/mol. The van der Waals surface area contributed by atoms with E-state index in [1.54, 1.807) is 7.11 Å². The summed E-state index contributed by atoms with van der Waals surface area (Å²) in [4.78, 5) is 7.20. The Morgan fingerprint density at radius 1 is 1.30 bits per heavy atom. The van der Waals surface area contributed by atoms with Gasteiger partial charge in [-0.05, 0) is 62.4 Å². The molecule has 3 rings (SSSR count). The molecule has 0 saturated carbocycles. The average molecular weight is 429 g/mol. The topological polar surface area (TPSA) is 24.8 Å². The lowest BCUT2D eigenvalue weighted by molar-refractivity contribution is 0.372. The fraction of sp³-hybridized carbons (Fsp3) is 0.435. The number of ether oxygens (including phenoxy) is 1. The quantitative estimate of drug-likeness (QED) is 0.494. The molecule has 1 unspecified atom stereocenters. The van der Waals surface area contributed by atoms with E-state index in [0.29, 0.717) is 5.92 Å². The van der Waals surface area contributed by atoms with Crippen LogP contribution in [-0.4, -0.2) is 25.4 Å². The monoisotopic (exact) mass is 428 g/mol. The van der Waals surface area contributed by atoms with E-state index in [9.17, 15) is 0 Å². The number of anilines is 1. The van der Waals surface area contributed by atoms with Crippen molar-refractivity contribution in [2.75, 3.05) is 18.6 Å². The molecule has 0 bridgehead atoms. The van der Waals surface area contributed by atoms with E-state index >= 15 is 0 Å². The van der Waals surface area contributed by atoms with E-state index in [1.165, 1.54) is 11.3 Å². The summed E-state index contributed by atoms with van der Waals surface area (Å²) in [5.41, 5.74) is 4.79. The SMILES string of the molecule is CCCN1c2cc(OC)c(C=Nc3cccc(Br)c3)cc2C(C)CC1(C)C. The van der Waals surface area contributed by atoms with Crippen LogP contribution in [0.5, 0.6) is 5.75 Å². The molecule has 1 heterocycles. The third-order valence-electron chi connectivity index (χ3n) is 5.35. The number of rotatable bonds is 5. The summed E-state index contributed by atoms with van der Waals surface area (Å²) in [7, 11) is 1.74. The van der Waals surface area contributed by atoms with Crippen LogP contribution in [0.15, 0.2) is 45.9 Å². The smallest absolute Gasteiger partial charge is 0.129 e. The maximum atomic E-state index is 5.73. The average Bonchev–Trinajstić information content (AvgIpc) is 2.62. The Kier molecular flexibility index (Phi) is 5.95. The van der Waals surface area contributed by atoms with Crippen LogP contribution < -0.4 is 9.64 Å². The summed E-state index contributed by atoms with van der Waals surface area (Å²) in [6.45, 7) is 10.3. The van der Waals surface area contributed by atoms with E-state index < -0.39 is 0 Å². The minimum absolute atomic E-state index is 0.152. The summed E-state index contributed by atoms with van der Waals surface area (Å²) in [5, 5.41) is 0. The zero-order valence-corrected chi connectivity index (χ0v) is 18.5. The molecule has 0 amide bonds. The molecule has 0 fully saturated rings. The lowest BCUT2D eigenvalue weighted by Gasteiger charge is -2.47. The van der Waals surface area contributed by atoms with Gasteiger partial charge in [-0.2, -0.15) is 0 Å². The standard InChI is InChI=1S/C23H29BrN2O/c1-6-10-26-21-13-22(27-5)17(11-20(21)16(2)14-23(26,3)4)15-25-19-9-7-8-18(24)12-19/h7-9,11-13,15-16H,6,10,14H2,1-5H3. The predicted octanol–water partition coefficient (Wildman–Crippen LogP) is 6.71. The molecule has 0 radical (unpaired) electrons. The van der Waals surface area contributed by atoms with E-state index in [-0.39, 0.29) is 5.54 Å². The second kappa shape index (κ2) is 8.05. The molecule has 1 aliphatic heterocycles. The molecule has 3 nitrogen and oxygen atoms in total. The molecule has 2 aromatic carbocycles. The number of fused-ring (bicyclic) bond motifs is 1. The zero-order chi connectivity index (χ0) is 19.6. The normalized spacial score (nSPS) is 18.6. The summed E-state index contributed by atoms with van der Waals surface area (Å²) < 4.78 is 6.75. The van der Waals surface area contributed by atoms with Crippen LogP contribution in [0.2, 0.25) is 0 Å². The van der Waals surface area contributed by atoms with Crippen molar-refractivity contribution in [1.29, 1.82) is 0 Å². The first kappa shape index (κ1) is 19.9. The highest BCUT2D eigenvalue weighted by molar-refractivity contribution is 9.10. The van der Waals surface area contributed by atoms with Crippen molar-refractivity contribution in [1.82, 2.24) is 0 Å². The number of aliphatic imine (C=N–C) groups is 1. The van der Waals surface area contributed by atoms with Gasteiger partial charge in [0.2, 0.25) is 0 Å². The van der Waals surface area contributed by atoms with Gasteiger partial charge in [0, 0.05) is 40.1 Å². The zero-order valence-electron chi connectivity index (χ0n) is 16.9. The first-order chi connectivity index (χ1) is 12.9. The van der Waals surface area contributed by atoms with Crippen molar-refractivity contribution < 1.29 is 4.74 Å². The van der Waals surface area contributed by atoms with E-state index in [1.807, 2.05) is 30.5 Å². The van der Waals surface area contributed by atoms with Crippen molar-refractivity contribution in [3.05, 3.63) is 52.0 Å². The Hall–Kier alpha value is -1.81. The van der Waals surface area contributed by atoms with Gasteiger partial charge >= 0.3 is 0 Å². The molecule has 2 aromatic rings. The van der Waals surface area contributed by atoms with Crippen molar-refractivity contribution in [2.24, 2.45) is 4.99 Å². The number of halogens is 1. The largest absolute Gasteiger partial charge is 0.496 e. The minimum atomic E-state index is 0.152. The summed E-state index contributed by atoms with van der Waals surface area (Å²) in [6, 6.07) is 12.5. The van der Waals surface area contributed by atoms with E-state index in [2.05, 4.69) is 65.6 Å². The number of hydrogen-bond donors (Lipinski definition) is 0. The second-order valence-corrected chi connectivity index (χ2v) is 8.88. The summed E-state index contributed by atoms with van der Waals surface area (Å²) >= 11 is 3.50. The first-order valence-corrected chi connectivity index (χ1v) is 10.4. The van der Waals surface area contributed by atoms with Crippen LogP contribution in [0.1, 0.15) is 57.6 Å². The van der Waals surface area contributed by atoms with Gasteiger partial charge in [0.05, 0.1) is 12.8 Å². The van der Waals surface area contributed by atoms with Gasteiger partial charge in [0.15, 0.2) is 0 Å². The van der Waals surface area contributed by atoms with Crippen LogP contribution in [0.3, 0.4) is 0 Å². The minimum Gasteiger partial charge on any atom is -0.496 e. The molecule has 0 aromatic heterocycles. The molecular formula is C23H29BrN2O. The summed E-state index contributed by atoms with van der Waals surface area (Å²) in [6.07, 6.45) is 4.19. The van der Waals surface area contributed by atoms with E-state index in [0.717, 1.165) is 40.9 Å². The first-order valence-electron chi connectivity index (χ1n) is 9.65. The molecular weight excluding hydrogens is 400 g/mol. The van der Waals surface area contributed by atoms with Crippen LogP contribution in [0, 0.1) is 0 Å². The van der Waals surface area contributed by atoms with Crippen LogP contribution in [0.4, 0.5) is 11.4 Å². The van der Waals surface area contributed by atoms with Gasteiger partial charge in [0.25, 0.3) is 0 Å². The number of hydrogen-bond acceptors (Lipinski definition) is 3.